The van der Waals surface area contributed by atoms with Crippen molar-refractivity contribution in [1.29, 1.82) is 0 Å². The second kappa shape index (κ2) is 9.25. The highest BCUT2D eigenvalue weighted by Gasteiger charge is 2.25. The van der Waals surface area contributed by atoms with Gasteiger partial charge in [-0.15, -0.1) is 0 Å². The van der Waals surface area contributed by atoms with E-state index in [1.807, 2.05) is 10.8 Å². The van der Waals surface area contributed by atoms with Gasteiger partial charge in [-0.1, -0.05) is 12.1 Å². The van der Waals surface area contributed by atoms with E-state index in [1.54, 1.807) is 0 Å². The van der Waals surface area contributed by atoms with Crippen molar-refractivity contribution in [2.75, 3.05) is 19.7 Å². The zero-order chi connectivity index (χ0) is 22.1. The van der Waals surface area contributed by atoms with E-state index in [4.69, 9.17) is 4.74 Å². The molecule has 7 nitrogen and oxygen atoms in total. The predicted molar refractivity (Wildman–Crippen MR) is 125 cm³/mol. The fourth-order valence-electron chi connectivity index (χ4n) is 5.42. The van der Waals surface area contributed by atoms with Crippen LogP contribution < -0.4 is 5.56 Å². The summed E-state index contributed by atoms with van der Waals surface area (Å²) in [6, 6.07) is 6.31. The quantitative estimate of drug-likeness (QED) is 0.618. The third kappa shape index (κ3) is 4.17. The summed E-state index contributed by atoms with van der Waals surface area (Å²) >= 11 is 0. The van der Waals surface area contributed by atoms with Crippen LogP contribution in [0.2, 0.25) is 0 Å². The second-order valence-corrected chi connectivity index (χ2v) is 9.21. The predicted octanol–water partition coefficient (Wildman–Crippen LogP) is 3.42. The molecule has 0 atom stereocenters. The van der Waals surface area contributed by atoms with E-state index >= 15 is 0 Å². The Morgan fingerprint density at radius 3 is 2.59 bits per heavy atom. The first kappa shape index (κ1) is 21.5. The van der Waals surface area contributed by atoms with E-state index in [-0.39, 0.29) is 17.7 Å². The van der Waals surface area contributed by atoms with Gasteiger partial charge in [0.05, 0.1) is 12.2 Å². The van der Waals surface area contributed by atoms with Gasteiger partial charge in [-0.2, -0.15) is 0 Å². The number of aromatic nitrogens is 3. The molecule has 2 fully saturated rings. The Morgan fingerprint density at radius 2 is 1.84 bits per heavy atom. The monoisotopic (exact) mass is 436 g/mol. The Kier molecular flexibility index (Phi) is 6.22. The highest BCUT2D eigenvalue weighted by Crippen LogP contribution is 2.31. The number of hydrogen-bond acceptors (Lipinski definition) is 6. The molecule has 32 heavy (non-hydrogen) atoms. The van der Waals surface area contributed by atoms with E-state index in [1.165, 1.54) is 6.33 Å². The third-order valence-electron chi connectivity index (χ3n) is 7.12. The fraction of sp³-hybridized carbons (Fsp3) is 0.560. The zero-order valence-corrected chi connectivity index (χ0v) is 18.7. The minimum absolute atomic E-state index is 0.0180. The van der Waals surface area contributed by atoms with Crippen molar-refractivity contribution in [3.8, 4) is 0 Å². The summed E-state index contributed by atoms with van der Waals surface area (Å²) in [6.45, 7) is 5.71. The van der Waals surface area contributed by atoms with Crippen LogP contribution >= 0.6 is 0 Å². The molecule has 3 heterocycles. The van der Waals surface area contributed by atoms with Crippen LogP contribution in [0.1, 0.15) is 57.1 Å². The van der Waals surface area contributed by atoms with Crippen LogP contribution in [0.3, 0.4) is 0 Å². The molecule has 3 aromatic rings. The first-order chi connectivity index (χ1) is 15.6. The average Bonchev–Trinajstić information content (AvgIpc) is 2.82. The fourth-order valence-corrected chi connectivity index (χ4v) is 5.42. The molecule has 1 aliphatic heterocycles. The number of likely N-dealkylation sites (tertiary alicyclic amines) is 1. The Balaban J connectivity index is 1.49. The molecule has 1 aliphatic carbocycles. The van der Waals surface area contributed by atoms with Crippen LogP contribution in [0.4, 0.5) is 0 Å². The topological polar surface area (TPSA) is 80.5 Å². The summed E-state index contributed by atoms with van der Waals surface area (Å²) in [7, 11) is 0. The number of benzene rings is 1. The van der Waals surface area contributed by atoms with Crippen molar-refractivity contribution in [3.05, 3.63) is 46.6 Å². The first-order valence-corrected chi connectivity index (χ1v) is 11.9. The van der Waals surface area contributed by atoms with Crippen LogP contribution in [-0.4, -0.2) is 56.4 Å². The molecule has 7 heteroatoms. The van der Waals surface area contributed by atoms with Crippen molar-refractivity contribution < 1.29 is 9.84 Å². The van der Waals surface area contributed by atoms with Crippen molar-refractivity contribution in [1.82, 2.24) is 19.4 Å². The minimum atomic E-state index is -0.262. The van der Waals surface area contributed by atoms with E-state index in [2.05, 4.69) is 40.0 Å². The molecule has 2 aromatic heterocycles. The molecule has 170 valence electrons. The molecule has 1 aromatic carbocycles. The van der Waals surface area contributed by atoms with Crippen LogP contribution in [-0.2, 0) is 11.3 Å². The zero-order valence-electron chi connectivity index (χ0n) is 18.7. The van der Waals surface area contributed by atoms with E-state index in [0.29, 0.717) is 11.8 Å². The number of nitrogens with zero attached hydrogens (tertiary/aromatic N) is 4. The second-order valence-electron chi connectivity index (χ2n) is 9.21. The first-order valence-electron chi connectivity index (χ1n) is 11.9. The SMILES string of the molecule is CCOC1CCN(Cc2ccc3c(c2)c(=O)n([C@H]2CC[C@@H](O)CC2)c2ncncc32)CC1. The normalized spacial score (nSPS) is 23.2. The van der Waals surface area contributed by atoms with Gasteiger partial charge in [0.15, 0.2) is 0 Å². The molecule has 5 rings (SSSR count). The highest BCUT2D eigenvalue weighted by atomic mass is 16.5. The molecule has 0 bridgehead atoms. The van der Waals surface area contributed by atoms with E-state index < -0.39 is 0 Å². The summed E-state index contributed by atoms with van der Waals surface area (Å²) in [5, 5.41) is 12.5. The number of ether oxygens (including phenoxy) is 1. The Labute approximate surface area is 188 Å². The number of rotatable bonds is 5. The number of hydrogen-bond donors (Lipinski definition) is 1. The summed E-state index contributed by atoms with van der Waals surface area (Å²) in [5.74, 6) is 0. The van der Waals surface area contributed by atoms with Crippen molar-refractivity contribution in [2.24, 2.45) is 0 Å². The maximum atomic E-state index is 13.7. The van der Waals surface area contributed by atoms with Crippen molar-refractivity contribution in [2.45, 2.75) is 70.2 Å². The van der Waals surface area contributed by atoms with E-state index in [9.17, 15) is 9.90 Å². The Hall–Kier alpha value is -2.35. The van der Waals surface area contributed by atoms with Crippen LogP contribution in [0.5, 0.6) is 0 Å². The lowest BCUT2D eigenvalue weighted by molar-refractivity contribution is 0.0125. The number of pyridine rings is 1. The maximum absolute atomic E-state index is 13.7. The van der Waals surface area contributed by atoms with Crippen molar-refractivity contribution in [3.63, 3.8) is 0 Å². The van der Waals surface area contributed by atoms with Gasteiger partial charge in [-0.3, -0.25) is 14.3 Å². The highest BCUT2D eigenvalue weighted by molar-refractivity contribution is 6.04. The summed E-state index contributed by atoms with van der Waals surface area (Å²) in [4.78, 5) is 24.9. The van der Waals surface area contributed by atoms with Gasteiger partial charge >= 0.3 is 0 Å². The van der Waals surface area contributed by atoms with Gasteiger partial charge < -0.3 is 9.84 Å². The van der Waals surface area contributed by atoms with Gasteiger partial charge in [0.25, 0.3) is 5.56 Å². The molecule has 0 unspecified atom stereocenters. The summed E-state index contributed by atoms with van der Waals surface area (Å²) < 4.78 is 7.64. The average molecular weight is 437 g/mol. The summed E-state index contributed by atoms with van der Waals surface area (Å²) in [6.07, 6.45) is 8.59. The largest absolute Gasteiger partial charge is 0.393 e. The molecular formula is C25H32N4O3. The molecule has 1 saturated carbocycles. The molecule has 1 saturated heterocycles. The van der Waals surface area contributed by atoms with Gasteiger partial charge in [0.2, 0.25) is 0 Å². The molecule has 2 aliphatic rings. The summed E-state index contributed by atoms with van der Waals surface area (Å²) in [5.41, 5.74) is 1.88. The molecule has 0 spiro atoms. The maximum Gasteiger partial charge on any atom is 0.260 e. The number of fused-ring (bicyclic) bond motifs is 3. The lowest BCUT2D eigenvalue weighted by Crippen LogP contribution is -2.36. The number of aliphatic hydroxyl groups excluding tert-OH is 1. The number of piperidine rings is 1. The smallest absolute Gasteiger partial charge is 0.260 e. The van der Waals surface area contributed by atoms with Gasteiger partial charge in [-0.05, 0) is 62.5 Å². The Bertz CT molecular complexity index is 1150. The standard InChI is InChI=1S/C25H32N4O3/c1-2-32-20-9-11-28(12-10-20)15-17-3-8-21-22(13-17)25(31)29(18-4-6-19(30)7-5-18)24-23(21)14-26-16-27-24/h3,8,13-14,16,18-20,30H,2,4-7,9-12,15H2,1H3/t18-,19+. The van der Waals surface area contributed by atoms with Crippen molar-refractivity contribution >= 4 is 21.8 Å². The van der Waals surface area contributed by atoms with Crippen LogP contribution in [0.25, 0.3) is 21.8 Å². The van der Waals surface area contributed by atoms with Gasteiger partial charge in [-0.25, -0.2) is 9.97 Å². The lowest BCUT2D eigenvalue weighted by atomic mass is 9.92. The van der Waals surface area contributed by atoms with Gasteiger partial charge in [0, 0.05) is 49.3 Å². The lowest BCUT2D eigenvalue weighted by Gasteiger charge is -2.31. The molecule has 0 amide bonds. The van der Waals surface area contributed by atoms with E-state index in [0.717, 1.165) is 86.5 Å². The number of aliphatic hydroxyl groups is 1. The molecule has 0 radical (unpaired) electrons. The van der Waals surface area contributed by atoms with Crippen LogP contribution in [0, 0.1) is 0 Å². The van der Waals surface area contributed by atoms with Gasteiger partial charge in [0.1, 0.15) is 12.0 Å². The van der Waals surface area contributed by atoms with Crippen LogP contribution in [0.15, 0.2) is 35.5 Å². The Morgan fingerprint density at radius 1 is 1.06 bits per heavy atom. The minimum Gasteiger partial charge on any atom is -0.393 e. The molecule has 1 N–H and O–H groups in total. The third-order valence-corrected chi connectivity index (χ3v) is 7.12. The molecular weight excluding hydrogens is 404 g/mol.